The van der Waals surface area contributed by atoms with E-state index in [4.69, 9.17) is 0 Å². The highest BCUT2D eigenvalue weighted by Gasteiger charge is 2.22. The molecule has 2 aromatic rings. The van der Waals surface area contributed by atoms with Crippen molar-refractivity contribution in [1.29, 1.82) is 0 Å². The molecule has 3 rings (SSSR count). The zero-order valence-electron chi connectivity index (χ0n) is 9.94. The van der Waals surface area contributed by atoms with E-state index in [0.29, 0.717) is 0 Å². The Morgan fingerprint density at radius 3 is 2.82 bits per heavy atom. The third-order valence-corrected chi connectivity index (χ3v) is 4.18. The molecule has 0 saturated carbocycles. The summed E-state index contributed by atoms with van der Waals surface area (Å²) in [5.41, 5.74) is 4.22. The Morgan fingerprint density at radius 2 is 1.94 bits per heavy atom. The molecule has 0 fully saturated rings. The summed E-state index contributed by atoms with van der Waals surface area (Å²) in [6.45, 7) is 2.24. The minimum atomic E-state index is 1.18. The van der Waals surface area contributed by atoms with Crippen molar-refractivity contribution in [3.8, 4) is 0 Å². The van der Waals surface area contributed by atoms with E-state index in [9.17, 15) is 0 Å². The van der Waals surface area contributed by atoms with Crippen molar-refractivity contribution in [1.82, 2.24) is 0 Å². The topological polar surface area (TPSA) is 0 Å². The summed E-state index contributed by atoms with van der Waals surface area (Å²) in [5.74, 6) is 1.40. The molecule has 0 nitrogen and oxygen atoms in total. The van der Waals surface area contributed by atoms with Gasteiger partial charge in [0.2, 0.25) is 0 Å². The third-order valence-electron chi connectivity index (χ3n) is 3.19. The molecular weight excluding hydrogens is 224 g/mol. The fraction of sp³-hybridized carbons (Fsp3) is 0.188. The lowest BCUT2D eigenvalue weighted by Gasteiger charge is -2.10. The predicted octanol–water partition coefficient (Wildman–Crippen LogP) is 4.70. The molecule has 0 saturated heterocycles. The van der Waals surface area contributed by atoms with Crippen LogP contribution in [0.2, 0.25) is 0 Å². The highest BCUT2D eigenvalue weighted by molar-refractivity contribution is 7.10. The summed E-state index contributed by atoms with van der Waals surface area (Å²) in [6, 6.07) is 10.9. The molecule has 0 atom stereocenters. The molecule has 17 heavy (non-hydrogen) atoms. The summed E-state index contributed by atoms with van der Waals surface area (Å²) in [5, 5.41) is 2.21. The van der Waals surface area contributed by atoms with Crippen LogP contribution >= 0.6 is 11.3 Å². The van der Waals surface area contributed by atoms with Gasteiger partial charge in [-0.1, -0.05) is 49.8 Å². The van der Waals surface area contributed by atoms with Crippen molar-refractivity contribution >= 4 is 17.4 Å². The molecule has 0 unspecified atom stereocenters. The van der Waals surface area contributed by atoms with Crippen LogP contribution in [0.5, 0.6) is 0 Å². The SMILES string of the molecule is CCCc1ccsc1[C]1C=Cc2ccccc21. The molecule has 0 aliphatic heterocycles. The Kier molecular flexibility index (Phi) is 2.86. The van der Waals surface area contributed by atoms with E-state index >= 15 is 0 Å². The molecule has 1 aromatic carbocycles. The first kappa shape index (κ1) is 10.8. The minimum Gasteiger partial charge on any atom is -0.147 e. The van der Waals surface area contributed by atoms with Crippen LogP contribution in [-0.4, -0.2) is 0 Å². The first-order valence-corrected chi connectivity index (χ1v) is 6.99. The summed E-state index contributed by atoms with van der Waals surface area (Å²) >= 11 is 1.86. The van der Waals surface area contributed by atoms with E-state index in [0.717, 1.165) is 0 Å². The Hall–Kier alpha value is -1.34. The zero-order chi connectivity index (χ0) is 11.7. The normalized spacial score (nSPS) is 14.2. The second kappa shape index (κ2) is 4.50. The van der Waals surface area contributed by atoms with Crippen LogP contribution in [0.25, 0.3) is 6.08 Å². The second-order valence-electron chi connectivity index (χ2n) is 4.36. The Balaban J connectivity index is 2.01. The van der Waals surface area contributed by atoms with Crippen molar-refractivity contribution in [2.24, 2.45) is 0 Å². The van der Waals surface area contributed by atoms with Gasteiger partial charge in [0, 0.05) is 4.88 Å². The third kappa shape index (κ3) is 1.85. The Labute approximate surface area is 107 Å². The standard InChI is InChI=1S/C16H15S/c1-2-5-13-10-11-17-16(13)15-9-8-12-6-3-4-7-14(12)15/h3-4,6-11H,2,5H2,1H3. The Morgan fingerprint density at radius 1 is 1.06 bits per heavy atom. The largest absolute Gasteiger partial charge is 0.147 e. The van der Waals surface area contributed by atoms with Gasteiger partial charge in [0.15, 0.2) is 0 Å². The first-order chi connectivity index (χ1) is 8.40. The Bertz CT molecular complexity index is 548. The van der Waals surface area contributed by atoms with Crippen LogP contribution in [0, 0.1) is 5.92 Å². The maximum atomic E-state index is 2.27. The maximum Gasteiger partial charge on any atom is 0.0668 e. The van der Waals surface area contributed by atoms with Crippen LogP contribution in [0.15, 0.2) is 41.8 Å². The summed E-state index contributed by atoms with van der Waals surface area (Å²) in [4.78, 5) is 1.45. The molecular formula is C16H15S. The molecule has 85 valence electrons. The number of benzene rings is 1. The molecule has 1 heteroatoms. The van der Waals surface area contributed by atoms with Crippen LogP contribution in [0.4, 0.5) is 0 Å². The van der Waals surface area contributed by atoms with E-state index < -0.39 is 0 Å². The van der Waals surface area contributed by atoms with Gasteiger partial charge in [0.1, 0.15) is 0 Å². The monoisotopic (exact) mass is 239 g/mol. The number of rotatable bonds is 3. The summed E-state index contributed by atoms with van der Waals surface area (Å²) in [6.07, 6.45) is 6.87. The summed E-state index contributed by atoms with van der Waals surface area (Å²) in [7, 11) is 0. The lowest BCUT2D eigenvalue weighted by molar-refractivity contribution is 0.919. The van der Waals surface area contributed by atoms with Crippen molar-refractivity contribution in [2.45, 2.75) is 19.8 Å². The molecule has 1 heterocycles. The van der Waals surface area contributed by atoms with E-state index in [1.807, 2.05) is 11.3 Å². The maximum absolute atomic E-state index is 2.27. The predicted molar refractivity (Wildman–Crippen MR) is 75.2 cm³/mol. The van der Waals surface area contributed by atoms with Crippen LogP contribution in [0.3, 0.4) is 0 Å². The van der Waals surface area contributed by atoms with Crippen LogP contribution < -0.4 is 0 Å². The smallest absolute Gasteiger partial charge is 0.0668 e. The highest BCUT2D eigenvalue weighted by Crippen LogP contribution is 2.38. The molecule has 1 aromatic heterocycles. The molecule has 0 spiro atoms. The van der Waals surface area contributed by atoms with Crippen LogP contribution in [0.1, 0.15) is 34.9 Å². The molecule has 0 N–H and O–H groups in total. The van der Waals surface area contributed by atoms with E-state index in [-0.39, 0.29) is 0 Å². The first-order valence-electron chi connectivity index (χ1n) is 6.11. The van der Waals surface area contributed by atoms with Gasteiger partial charge < -0.3 is 0 Å². The number of thiophene rings is 1. The number of allylic oxidation sites excluding steroid dienone is 1. The summed E-state index contributed by atoms with van der Waals surface area (Å²) < 4.78 is 0. The van der Waals surface area contributed by atoms with Gasteiger partial charge in [-0.2, -0.15) is 0 Å². The van der Waals surface area contributed by atoms with Crippen molar-refractivity contribution < 1.29 is 0 Å². The number of hydrogen-bond donors (Lipinski definition) is 0. The van der Waals surface area contributed by atoms with Gasteiger partial charge in [0.05, 0.1) is 5.92 Å². The fourth-order valence-corrected chi connectivity index (χ4v) is 3.38. The number of fused-ring (bicyclic) bond motifs is 1. The molecule has 1 aliphatic carbocycles. The van der Waals surface area contributed by atoms with Gasteiger partial charge in [-0.25, -0.2) is 0 Å². The lowest BCUT2D eigenvalue weighted by atomic mass is 9.95. The van der Waals surface area contributed by atoms with Crippen LogP contribution in [-0.2, 0) is 6.42 Å². The molecule has 0 bridgehead atoms. The van der Waals surface area contributed by atoms with E-state index in [2.05, 4.69) is 54.8 Å². The van der Waals surface area contributed by atoms with Gasteiger partial charge in [-0.15, -0.1) is 11.3 Å². The average Bonchev–Trinajstić information content (AvgIpc) is 2.95. The molecule has 0 amide bonds. The lowest BCUT2D eigenvalue weighted by Crippen LogP contribution is -1.97. The van der Waals surface area contributed by atoms with Crippen molar-refractivity contribution in [2.75, 3.05) is 0 Å². The fourth-order valence-electron chi connectivity index (χ4n) is 2.39. The number of aryl methyl sites for hydroxylation is 1. The van der Waals surface area contributed by atoms with E-state index in [1.165, 1.54) is 40.3 Å². The molecule has 1 radical (unpaired) electrons. The van der Waals surface area contributed by atoms with Gasteiger partial charge >= 0.3 is 0 Å². The highest BCUT2D eigenvalue weighted by atomic mass is 32.1. The molecule has 1 aliphatic rings. The average molecular weight is 239 g/mol. The second-order valence-corrected chi connectivity index (χ2v) is 5.28. The quantitative estimate of drug-likeness (QED) is 0.728. The zero-order valence-corrected chi connectivity index (χ0v) is 10.8. The van der Waals surface area contributed by atoms with Gasteiger partial charge in [-0.05, 0) is 34.6 Å². The van der Waals surface area contributed by atoms with Crippen molar-refractivity contribution in [3.63, 3.8) is 0 Å². The van der Waals surface area contributed by atoms with Gasteiger partial charge in [-0.3, -0.25) is 0 Å². The van der Waals surface area contributed by atoms with Crippen molar-refractivity contribution in [3.05, 3.63) is 69.3 Å². The van der Waals surface area contributed by atoms with E-state index in [1.54, 1.807) is 0 Å². The minimum absolute atomic E-state index is 1.18. The number of hydrogen-bond acceptors (Lipinski definition) is 1. The van der Waals surface area contributed by atoms with Gasteiger partial charge in [0.25, 0.3) is 0 Å².